The van der Waals surface area contributed by atoms with Gasteiger partial charge in [-0.1, -0.05) is 19.1 Å². The number of likely N-dealkylation sites (N-methyl/N-ethyl adjacent to an activating group) is 1. The van der Waals surface area contributed by atoms with Gasteiger partial charge in [-0.15, -0.1) is 0 Å². The van der Waals surface area contributed by atoms with E-state index in [0.29, 0.717) is 0 Å². The number of aliphatic hydroxyl groups excluding tert-OH is 1. The highest BCUT2D eigenvalue weighted by Gasteiger charge is 2.23. The Bertz CT molecular complexity index is 397. The van der Waals surface area contributed by atoms with E-state index in [-0.39, 0.29) is 12.6 Å². The number of piperazine rings is 1. The van der Waals surface area contributed by atoms with Crippen molar-refractivity contribution in [2.45, 2.75) is 13.0 Å². The summed E-state index contributed by atoms with van der Waals surface area (Å²) >= 11 is 0. The fourth-order valence-electron chi connectivity index (χ4n) is 2.82. The standard InChI is InChI=1S/C16H27N3O/c1-4-18-9-11-19(12-10-18)16(13-20)14-5-7-15(8-6-14)17(2)3/h5-8,16,20H,4,9-13H2,1-3H3. The van der Waals surface area contributed by atoms with Gasteiger partial charge in [0.25, 0.3) is 0 Å². The fourth-order valence-corrected chi connectivity index (χ4v) is 2.82. The van der Waals surface area contributed by atoms with Gasteiger partial charge < -0.3 is 14.9 Å². The van der Waals surface area contributed by atoms with Crippen LogP contribution in [-0.4, -0.2) is 68.3 Å². The first-order valence-corrected chi connectivity index (χ1v) is 7.50. The Labute approximate surface area is 122 Å². The highest BCUT2D eigenvalue weighted by Crippen LogP contribution is 2.24. The molecular formula is C16H27N3O. The molecule has 0 aromatic heterocycles. The van der Waals surface area contributed by atoms with Crippen molar-refractivity contribution >= 4 is 5.69 Å². The molecule has 112 valence electrons. The molecule has 4 heteroatoms. The molecule has 1 fully saturated rings. The van der Waals surface area contributed by atoms with Gasteiger partial charge in [-0.2, -0.15) is 0 Å². The normalized spacial score (nSPS) is 19.0. The minimum Gasteiger partial charge on any atom is -0.394 e. The van der Waals surface area contributed by atoms with Crippen molar-refractivity contribution in [2.75, 3.05) is 58.3 Å². The number of benzene rings is 1. The van der Waals surface area contributed by atoms with E-state index in [9.17, 15) is 5.11 Å². The first kappa shape index (κ1) is 15.3. The number of anilines is 1. The lowest BCUT2D eigenvalue weighted by Gasteiger charge is -2.38. The SMILES string of the molecule is CCN1CCN(C(CO)c2ccc(N(C)C)cc2)CC1. The Balaban J connectivity index is 2.04. The molecule has 0 saturated carbocycles. The lowest BCUT2D eigenvalue weighted by molar-refractivity contribution is 0.0672. The van der Waals surface area contributed by atoms with E-state index < -0.39 is 0 Å². The third-order valence-electron chi connectivity index (χ3n) is 4.26. The molecule has 0 spiro atoms. The molecule has 20 heavy (non-hydrogen) atoms. The van der Waals surface area contributed by atoms with E-state index >= 15 is 0 Å². The average molecular weight is 277 g/mol. The van der Waals surface area contributed by atoms with Crippen LogP contribution in [0.3, 0.4) is 0 Å². The second-order valence-electron chi connectivity index (χ2n) is 5.65. The first-order valence-electron chi connectivity index (χ1n) is 7.50. The summed E-state index contributed by atoms with van der Waals surface area (Å²) in [4.78, 5) is 6.95. The van der Waals surface area contributed by atoms with Crippen LogP contribution in [-0.2, 0) is 0 Å². The Morgan fingerprint density at radius 1 is 1.10 bits per heavy atom. The number of rotatable bonds is 5. The Morgan fingerprint density at radius 3 is 2.15 bits per heavy atom. The molecule has 1 saturated heterocycles. The van der Waals surface area contributed by atoms with Gasteiger partial charge in [-0.3, -0.25) is 4.90 Å². The van der Waals surface area contributed by atoms with Crippen LogP contribution in [0.2, 0.25) is 0 Å². The van der Waals surface area contributed by atoms with Gasteiger partial charge in [0.2, 0.25) is 0 Å². The Morgan fingerprint density at radius 2 is 1.70 bits per heavy atom. The molecule has 1 N–H and O–H groups in total. The summed E-state index contributed by atoms with van der Waals surface area (Å²) in [5.74, 6) is 0. The van der Waals surface area contributed by atoms with Crippen molar-refractivity contribution in [1.82, 2.24) is 9.80 Å². The molecule has 1 aromatic rings. The molecule has 1 aliphatic heterocycles. The van der Waals surface area contributed by atoms with E-state index in [1.807, 2.05) is 14.1 Å². The summed E-state index contributed by atoms with van der Waals surface area (Å²) in [6.07, 6.45) is 0. The van der Waals surface area contributed by atoms with Crippen LogP contribution in [0, 0.1) is 0 Å². The third-order valence-corrected chi connectivity index (χ3v) is 4.26. The maximum atomic E-state index is 9.77. The highest BCUT2D eigenvalue weighted by molar-refractivity contribution is 5.46. The van der Waals surface area contributed by atoms with Crippen molar-refractivity contribution in [2.24, 2.45) is 0 Å². The van der Waals surface area contributed by atoms with Crippen LogP contribution in [0.15, 0.2) is 24.3 Å². The van der Waals surface area contributed by atoms with Crippen LogP contribution >= 0.6 is 0 Å². The van der Waals surface area contributed by atoms with Gasteiger partial charge in [0.1, 0.15) is 0 Å². The molecule has 1 unspecified atom stereocenters. The summed E-state index contributed by atoms with van der Waals surface area (Å²) in [6, 6.07) is 8.66. The van der Waals surface area contributed by atoms with Gasteiger partial charge >= 0.3 is 0 Å². The highest BCUT2D eigenvalue weighted by atomic mass is 16.3. The molecule has 1 heterocycles. The van der Waals surface area contributed by atoms with Gasteiger partial charge in [-0.25, -0.2) is 0 Å². The number of aliphatic hydroxyl groups is 1. The molecule has 0 radical (unpaired) electrons. The molecule has 4 nitrogen and oxygen atoms in total. The predicted octanol–water partition coefficient (Wildman–Crippen LogP) is 1.42. The quantitative estimate of drug-likeness (QED) is 0.882. The monoisotopic (exact) mass is 277 g/mol. The van der Waals surface area contributed by atoms with E-state index in [1.165, 1.54) is 11.3 Å². The molecule has 2 rings (SSSR count). The Hall–Kier alpha value is -1.10. The van der Waals surface area contributed by atoms with Crippen LogP contribution in [0.1, 0.15) is 18.5 Å². The van der Waals surface area contributed by atoms with E-state index in [1.54, 1.807) is 0 Å². The summed E-state index contributed by atoms with van der Waals surface area (Å²) in [5, 5.41) is 9.77. The number of hydrogen-bond donors (Lipinski definition) is 1. The van der Waals surface area contributed by atoms with Crippen LogP contribution in [0.5, 0.6) is 0 Å². The summed E-state index contributed by atoms with van der Waals surface area (Å²) < 4.78 is 0. The van der Waals surface area contributed by atoms with E-state index in [2.05, 4.69) is 45.9 Å². The van der Waals surface area contributed by atoms with Crippen LogP contribution in [0.4, 0.5) is 5.69 Å². The number of nitrogens with zero attached hydrogens (tertiary/aromatic N) is 3. The topological polar surface area (TPSA) is 30.0 Å². The van der Waals surface area contributed by atoms with Crippen molar-refractivity contribution in [3.63, 3.8) is 0 Å². The zero-order valence-corrected chi connectivity index (χ0v) is 12.9. The summed E-state index contributed by atoms with van der Waals surface area (Å²) in [6.45, 7) is 7.79. The number of hydrogen-bond acceptors (Lipinski definition) is 4. The van der Waals surface area contributed by atoms with Gasteiger partial charge in [0.05, 0.1) is 12.6 Å². The first-order chi connectivity index (χ1) is 9.65. The third kappa shape index (κ3) is 3.51. The van der Waals surface area contributed by atoms with Gasteiger partial charge in [0, 0.05) is 46.0 Å². The Kier molecular flexibility index (Phi) is 5.40. The predicted molar refractivity (Wildman–Crippen MR) is 84.3 cm³/mol. The van der Waals surface area contributed by atoms with Crippen molar-refractivity contribution in [3.05, 3.63) is 29.8 Å². The molecular weight excluding hydrogens is 250 g/mol. The minimum atomic E-state index is 0.130. The van der Waals surface area contributed by atoms with Gasteiger partial charge in [-0.05, 0) is 24.2 Å². The van der Waals surface area contributed by atoms with Crippen LogP contribution in [0.25, 0.3) is 0 Å². The fraction of sp³-hybridized carbons (Fsp3) is 0.625. The average Bonchev–Trinajstić information content (AvgIpc) is 2.49. The van der Waals surface area contributed by atoms with E-state index in [0.717, 1.165) is 32.7 Å². The molecule has 1 aromatic carbocycles. The molecule has 0 aliphatic carbocycles. The largest absolute Gasteiger partial charge is 0.394 e. The molecule has 1 atom stereocenters. The molecule has 0 bridgehead atoms. The maximum Gasteiger partial charge on any atom is 0.0628 e. The lowest BCUT2D eigenvalue weighted by atomic mass is 10.0. The molecule has 1 aliphatic rings. The van der Waals surface area contributed by atoms with Crippen LogP contribution < -0.4 is 4.90 Å². The van der Waals surface area contributed by atoms with Crippen molar-refractivity contribution < 1.29 is 5.11 Å². The van der Waals surface area contributed by atoms with Crippen molar-refractivity contribution in [3.8, 4) is 0 Å². The maximum absolute atomic E-state index is 9.77. The zero-order valence-electron chi connectivity index (χ0n) is 12.9. The van der Waals surface area contributed by atoms with Gasteiger partial charge in [0.15, 0.2) is 0 Å². The second kappa shape index (κ2) is 7.07. The second-order valence-corrected chi connectivity index (χ2v) is 5.65. The van der Waals surface area contributed by atoms with E-state index in [4.69, 9.17) is 0 Å². The summed E-state index contributed by atoms with van der Waals surface area (Å²) in [5.41, 5.74) is 2.41. The zero-order chi connectivity index (χ0) is 14.5. The molecule has 0 amide bonds. The van der Waals surface area contributed by atoms with Crippen molar-refractivity contribution in [1.29, 1.82) is 0 Å². The smallest absolute Gasteiger partial charge is 0.0628 e. The lowest BCUT2D eigenvalue weighted by Crippen LogP contribution is -2.48. The summed E-state index contributed by atoms with van der Waals surface area (Å²) in [7, 11) is 4.09. The minimum absolute atomic E-state index is 0.130.